The van der Waals surface area contributed by atoms with E-state index in [1.807, 2.05) is 13.0 Å². The van der Waals surface area contributed by atoms with Crippen molar-refractivity contribution in [2.75, 3.05) is 12.4 Å². The van der Waals surface area contributed by atoms with Crippen LogP contribution in [0, 0.1) is 12.7 Å². The molecule has 0 saturated heterocycles. The van der Waals surface area contributed by atoms with E-state index < -0.39 is 0 Å². The van der Waals surface area contributed by atoms with Crippen molar-refractivity contribution >= 4 is 5.82 Å². The molecular weight excluding hydrogens is 245 g/mol. The van der Waals surface area contributed by atoms with Crippen LogP contribution in [0.4, 0.5) is 10.2 Å². The van der Waals surface area contributed by atoms with Crippen LogP contribution in [0.5, 0.6) is 5.88 Å². The highest BCUT2D eigenvalue weighted by atomic mass is 19.1. The Hall–Kier alpha value is -2.17. The summed E-state index contributed by atoms with van der Waals surface area (Å²) < 4.78 is 18.5. The second-order valence-electron chi connectivity index (χ2n) is 4.32. The van der Waals surface area contributed by atoms with E-state index in [1.165, 1.54) is 12.4 Å². The van der Waals surface area contributed by atoms with Crippen molar-refractivity contribution in [3.05, 3.63) is 47.5 Å². The number of benzene rings is 1. The van der Waals surface area contributed by atoms with Gasteiger partial charge in [0.25, 0.3) is 0 Å². The van der Waals surface area contributed by atoms with Crippen LogP contribution in [0.3, 0.4) is 0 Å². The molecule has 1 atom stereocenters. The minimum atomic E-state index is -0.202. The fourth-order valence-electron chi connectivity index (χ4n) is 1.71. The number of anilines is 1. The van der Waals surface area contributed by atoms with Crippen molar-refractivity contribution in [3.63, 3.8) is 0 Å². The standard InChI is InChI=1S/C14H16FN3O/c1-9-4-5-11(6-12(9)15)10(2)18-13-7-14(19-3)17-8-16-13/h4-8,10H,1-3H3,(H,16,17,18). The van der Waals surface area contributed by atoms with Gasteiger partial charge in [0.15, 0.2) is 0 Å². The summed E-state index contributed by atoms with van der Waals surface area (Å²) in [6.07, 6.45) is 1.42. The van der Waals surface area contributed by atoms with E-state index in [4.69, 9.17) is 4.74 Å². The number of aryl methyl sites for hydroxylation is 1. The van der Waals surface area contributed by atoms with Gasteiger partial charge >= 0.3 is 0 Å². The van der Waals surface area contributed by atoms with Crippen LogP contribution in [0.1, 0.15) is 24.1 Å². The van der Waals surface area contributed by atoms with Crippen molar-refractivity contribution in [2.24, 2.45) is 0 Å². The number of halogens is 1. The Bertz CT molecular complexity index is 574. The van der Waals surface area contributed by atoms with Gasteiger partial charge < -0.3 is 10.1 Å². The lowest BCUT2D eigenvalue weighted by atomic mass is 10.1. The first-order chi connectivity index (χ1) is 9.10. The molecule has 0 aliphatic heterocycles. The first-order valence-corrected chi connectivity index (χ1v) is 5.99. The number of nitrogens with one attached hydrogen (secondary N) is 1. The molecule has 0 saturated carbocycles. The van der Waals surface area contributed by atoms with Crippen LogP contribution in [0.15, 0.2) is 30.6 Å². The van der Waals surface area contributed by atoms with Gasteiger partial charge in [0.2, 0.25) is 5.88 Å². The Balaban J connectivity index is 2.15. The largest absolute Gasteiger partial charge is 0.481 e. The molecule has 1 unspecified atom stereocenters. The van der Waals surface area contributed by atoms with Crippen molar-refractivity contribution in [2.45, 2.75) is 19.9 Å². The highest BCUT2D eigenvalue weighted by Gasteiger charge is 2.09. The first kappa shape index (κ1) is 13.3. The summed E-state index contributed by atoms with van der Waals surface area (Å²) in [6, 6.07) is 6.83. The molecule has 1 aromatic carbocycles. The van der Waals surface area contributed by atoms with Gasteiger partial charge in [-0.1, -0.05) is 12.1 Å². The summed E-state index contributed by atoms with van der Waals surface area (Å²) in [7, 11) is 1.55. The van der Waals surface area contributed by atoms with Gasteiger partial charge in [-0.25, -0.2) is 14.4 Å². The Morgan fingerprint density at radius 3 is 2.74 bits per heavy atom. The highest BCUT2D eigenvalue weighted by molar-refractivity contribution is 5.40. The summed E-state index contributed by atoms with van der Waals surface area (Å²) in [6.45, 7) is 3.69. The Morgan fingerprint density at radius 2 is 2.05 bits per heavy atom. The van der Waals surface area contributed by atoms with Crippen molar-refractivity contribution in [3.8, 4) is 5.88 Å². The highest BCUT2D eigenvalue weighted by Crippen LogP contribution is 2.21. The molecule has 1 heterocycles. The lowest BCUT2D eigenvalue weighted by molar-refractivity contribution is 0.397. The number of rotatable bonds is 4. The first-order valence-electron chi connectivity index (χ1n) is 5.99. The van der Waals surface area contributed by atoms with Crippen molar-refractivity contribution in [1.82, 2.24) is 9.97 Å². The van der Waals surface area contributed by atoms with Gasteiger partial charge in [-0.3, -0.25) is 0 Å². The Morgan fingerprint density at radius 1 is 1.26 bits per heavy atom. The molecule has 2 aromatic rings. The molecule has 0 aliphatic rings. The number of hydrogen-bond acceptors (Lipinski definition) is 4. The molecule has 19 heavy (non-hydrogen) atoms. The molecule has 5 heteroatoms. The van der Waals surface area contributed by atoms with E-state index >= 15 is 0 Å². The third-order valence-corrected chi connectivity index (χ3v) is 2.91. The molecule has 0 fully saturated rings. The molecule has 2 rings (SSSR count). The van der Waals surface area contributed by atoms with Crippen molar-refractivity contribution < 1.29 is 9.13 Å². The number of ether oxygens (including phenoxy) is 1. The SMILES string of the molecule is COc1cc(NC(C)c2ccc(C)c(F)c2)ncn1. The topological polar surface area (TPSA) is 47.0 Å². The summed E-state index contributed by atoms with van der Waals surface area (Å²) in [5.41, 5.74) is 1.50. The zero-order chi connectivity index (χ0) is 13.8. The molecule has 0 spiro atoms. The lowest BCUT2D eigenvalue weighted by Crippen LogP contribution is -2.08. The maximum atomic E-state index is 13.5. The Kier molecular flexibility index (Phi) is 3.94. The monoisotopic (exact) mass is 261 g/mol. The second kappa shape index (κ2) is 5.65. The number of hydrogen-bond donors (Lipinski definition) is 1. The second-order valence-corrected chi connectivity index (χ2v) is 4.32. The summed E-state index contributed by atoms with van der Waals surface area (Å²) >= 11 is 0. The summed E-state index contributed by atoms with van der Waals surface area (Å²) in [5, 5.41) is 3.18. The number of aromatic nitrogens is 2. The molecule has 100 valence electrons. The van der Waals surface area contributed by atoms with E-state index in [0.717, 1.165) is 5.56 Å². The molecule has 1 N–H and O–H groups in total. The van der Waals surface area contributed by atoms with Crippen LogP contribution in [0.25, 0.3) is 0 Å². The molecular formula is C14H16FN3O. The van der Waals surface area contributed by atoms with Crippen molar-refractivity contribution in [1.29, 1.82) is 0 Å². The molecule has 1 aromatic heterocycles. The maximum Gasteiger partial charge on any atom is 0.218 e. The molecule has 0 radical (unpaired) electrons. The number of methoxy groups -OCH3 is 1. The minimum Gasteiger partial charge on any atom is -0.481 e. The van der Waals surface area contributed by atoms with Gasteiger partial charge in [0.05, 0.1) is 13.2 Å². The fourth-order valence-corrected chi connectivity index (χ4v) is 1.71. The molecule has 0 aliphatic carbocycles. The average molecular weight is 261 g/mol. The predicted molar refractivity (Wildman–Crippen MR) is 71.8 cm³/mol. The van der Waals surface area contributed by atoms with Gasteiger partial charge in [-0.2, -0.15) is 0 Å². The van der Waals surface area contributed by atoms with Crippen LogP contribution in [0.2, 0.25) is 0 Å². The van der Waals surface area contributed by atoms with Gasteiger partial charge in [0, 0.05) is 6.07 Å². The van der Waals surface area contributed by atoms with Crippen LogP contribution >= 0.6 is 0 Å². The Labute approximate surface area is 111 Å². The van der Waals surface area contributed by atoms with E-state index in [0.29, 0.717) is 17.3 Å². The smallest absolute Gasteiger partial charge is 0.218 e. The van der Waals surface area contributed by atoms with Crippen LogP contribution in [-0.2, 0) is 0 Å². The van der Waals surface area contributed by atoms with E-state index in [-0.39, 0.29) is 11.9 Å². The predicted octanol–water partition coefficient (Wildman–Crippen LogP) is 3.11. The zero-order valence-electron chi connectivity index (χ0n) is 11.1. The van der Waals surface area contributed by atoms with E-state index in [2.05, 4.69) is 15.3 Å². The average Bonchev–Trinajstić information content (AvgIpc) is 2.42. The maximum absolute atomic E-state index is 13.5. The van der Waals surface area contributed by atoms with Crippen LogP contribution < -0.4 is 10.1 Å². The van der Waals surface area contributed by atoms with E-state index in [1.54, 1.807) is 26.2 Å². The lowest BCUT2D eigenvalue weighted by Gasteiger charge is -2.15. The minimum absolute atomic E-state index is 0.0605. The van der Waals surface area contributed by atoms with Crippen LogP contribution in [-0.4, -0.2) is 17.1 Å². The quantitative estimate of drug-likeness (QED) is 0.918. The molecule has 4 nitrogen and oxygen atoms in total. The third kappa shape index (κ3) is 3.19. The fraction of sp³-hybridized carbons (Fsp3) is 0.286. The summed E-state index contributed by atoms with van der Waals surface area (Å²) in [4.78, 5) is 8.03. The molecule has 0 amide bonds. The zero-order valence-corrected chi connectivity index (χ0v) is 11.1. The van der Waals surface area contributed by atoms with E-state index in [9.17, 15) is 4.39 Å². The third-order valence-electron chi connectivity index (χ3n) is 2.91. The van der Waals surface area contributed by atoms with Gasteiger partial charge in [-0.15, -0.1) is 0 Å². The summed E-state index contributed by atoms with van der Waals surface area (Å²) in [5.74, 6) is 0.923. The van der Waals surface area contributed by atoms with Gasteiger partial charge in [-0.05, 0) is 31.0 Å². The number of nitrogens with zero attached hydrogens (tertiary/aromatic N) is 2. The van der Waals surface area contributed by atoms with Gasteiger partial charge in [0.1, 0.15) is 18.0 Å². The normalized spacial score (nSPS) is 12.0. The molecule has 0 bridgehead atoms.